The van der Waals surface area contributed by atoms with Crippen LogP contribution in [0.5, 0.6) is 0 Å². The van der Waals surface area contributed by atoms with Crippen molar-refractivity contribution in [3.8, 4) is 0 Å². The standard InChI is InChI=1S/C14H23N3O4S/c1-10(9-16-13(18)21-14(2,3)4)17-11-5-7-12(8-6-11)22(15,19)20/h5-8,10,17H,9H2,1-4H3,(H,16,18)(H2,15,19,20). The van der Waals surface area contributed by atoms with Gasteiger partial charge < -0.3 is 15.4 Å². The maximum atomic E-state index is 11.5. The number of sulfonamides is 1. The second kappa shape index (κ2) is 6.97. The fourth-order valence-electron chi connectivity index (χ4n) is 1.63. The van der Waals surface area contributed by atoms with Gasteiger partial charge in [0.05, 0.1) is 4.90 Å². The lowest BCUT2D eigenvalue weighted by atomic mass is 10.2. The molecule has 0 aliphatic rings. The molecule has 1 amide bonds. The normalized spacial score (nSPS) is 13.3. The summed E-state index contributed by atoms with van der Waals surface area (Å²) >= 11 is 0. The van der Waals surface area contributed by atoms with Gasteiger partial charge in [-0.1, -0.05) is 0 Å². The highest BCUT2D eigenvalue weighted by atomic mass is 32.2. The molecule has 1 atom stereocenters. The van der Waals surface area contributed by atoms with E-state index < -0.39 is 21.7 Å². The molecule has 0 bridgehead atoms. The van der Waals surface area contributed by atoms with Crippen molar-refractivity contribution in [3.63, 3.8) is 0 Å². The molecule has 124 valence electrons. The molecule has 0 radical (unpaired) electrons. The molecule has 0 spiro atoms. The Morgan fingerprint density at radius 2 is 1.82 bits per heavy atom. The van der Waals surface area contributed by atoms with Gasteiger partial charge in [-0.3, -0.25) is 0 Å². The molecule has 0 aliphatic carbocycles. The Morgan fingerprint density at radius 3 is 2.27 bits per heavy atom. The second-order valence-electron chi connectivity index (χ2n) is 6.00. The van der Waals surface area contributed by atoms with Gasteiger partial charge in [-0.25, -0.2) is 18.4 Å². The summed E-state index contributed by atoms with van der Waals surface area (Å²) in [6.07, 6.45) is -0.481. The van der Waals surface area contributed by atoms with Crippen LogP contribution >= 0.6 is 0 Å². The topological polar surface area (TPSA) is 111 Å². The number of benzene rings is 1. The third-order valence-corrected chi connectivity index (χ3v) is 3.48. The van der Waals surface area contributed by atoms with E-state index in [0.717, 1.165) is 5.69 Å². The summed E-state index contributed by atoms with van der Waals surface area (Å²) in [7, 11) is -3.69. The molecular formula is C14H23N3O4S. The number of alkyl carbamates (subject to hydrolysis) is 1. The highest BCUT2D eigenvalue weighted by Gasteiger charge is 2.16. The van der Waals surface area contributed by atoms with Crippen LogP contribution in [0.1, 0.15) is 27.7 Å². The number of hydrogen-bond donors (Lipinski definition) is 3. The molecule has 0 aliphatic heterocycles. The number of nitrogens with two attached hydrogens (primary N) is 1. The zero-order valence-corrected chi connectivity index (χ0v) is 14.0. The predicted molar refractivity (Wildman–Crippen MR) is 85.1 cm³/mol. The lowest BCUT2D eigenvalue weighted by Gasteiger charge is -2.21. The van der Waals surface area contributed by atoms with Gasteiger partial charge in [0, 0.05) is 18.3 Å². The van der Waals surface area contributed by atoms with Crippen molar-refractivity contribution < 1.29 is 17.9 Å². The van der Waals surface area contributed by atoms with Gasteiger partial charge in [0.25, 0.3) is 0 Å². The lowest BCUT2D eigenvalue weighted by Crippen LogP contribution is -2.38. The molecular weight excluding hydrogens is 306 g/mol. The molecule has 1 aromatic rings. The van der Waals surface area contributed by atoms with E-state index in [1.165, 1.54) is 12.1 Å². The highest BCUT2D eigenvalue weighted by molar-refractivity contribution is 7.89. The summed E-state index contributed by atoms with van der Waals surface area (Å²) in [6, 6.07) is 6.01. The van der Waals surface area contributed by atoms with Crippen molar-refractivity contribution in [2.24, 2.45) is 5.14 Å². The Balaban J connectivity index is 2.49. The highest BCUT2D eigenvalue weighted by Crippen LogP contribution is 2.13. The molecule has 1 unspecified atom stereocenters. The predicted octanol–water partition coefficient (Wildman–Crippen LogP) is 1.66. The number of carbonyl (C=O) groups is 1. The Kier molecular flexibility index (Phi) is 5.78. The number of carbonyl (C=O) groups excluding carboxylic acids is 1. The van der Waals surface area contributed by atoms with Gasteiger partial charge in [-0.05, 0) is 52.0 Å². The number of anilines is 1. The minimum Gasteiger partial charge on any atom is -0.444 e. The van der Waals surface area contributed by atoms with E-state index in [4.69, 9.17) is 9.88 Å². The first-order chi connectivity index (χ1) is 9.97. The smallest absolute Gasteiger partial charge is 0.407 e. The summed E-state index contributed by atoms with van der Waals surface area (Å²) < 4.78 is 27.4. The average molecular weight is 329 g/mol. The van der Waals surface area contributed by atoms with E-state index in [1.54, 1.807) is 32.9 Å². The number of rotatable bonds is 5. The van der Waals surface area contributed by atoms with Crippen molar-refractivity contribution in [2.45, 2.75) is 44.2 Å². The largest absolute Gasteiger partial charge is 0.444 e. The van der Waals surface area contributed by atoms with Gasteiger partial charge in [0.1, 0.15) is 5.60 Å². The first-order valence-electron chi connectivity index (χ1n) is 6.83. The van der Waals surface area contributed by atoms with Crippen LogP contribution in [0.4, 0.5) is 10.5 Å². The molecule has 8 heteroatoms. The zero-order chi connectivity index (χ0) is 17.0. The molecule has 22 heavy (non-hydrogen) atoms. The number of nitrogens with one attached hydrogen (secondary N) is 2. The van der Waals surface area contributed by atoms with E-state index in [0.29, 0.717) is 6.54 Å². The summed E-state index contributed by atoms with van der Waals surface area (Å²) in [4.78, 5) is 11.6. The second-order valence-corrected chi connectivity index (χ2v) is 7.56. The molecule has 0 fully saturated rings. The van der Waals surface area contributed by atoms with Gasteiger partial charge in [-0.15, -0.1) is 0 Å². The third kappa shape index (κ3) is 6.77. The van der Waals surface area contributed by atoms with E-state index in [2.05, 4.69) is 10.6 Å². The fourth-order valence-corrected chi connectivity index (χ4v) is 2.14. The van der Waals surface area contributed by atoms with E-state index >= 15 is 0 Å². The first kappa shape index (κ1) is 18.2. The van der Waals surface area contributed by atoms with Crippen LogP contribution in [0.2, 0.25) is 0 Å². The summed E-state index contributed by atoms with van der Waals surface area (Å²) in [5.74, 6) is 0. The number of ether oxygens (including phenoxy) is 1. The van der Waals surface area contributed by atoms with Crippen molar-refractivity contribution >= 4 is 21.8 Å². The van der Waals surface area contributed by atoms with Gasteiger partial charge >= 0.3 is 6.09 Å². The number of primary sulfonamides is 1. The van der Waals surface area contributed by atoms with Crippen LogP contribution in [0.3, 0.4) is 0 Å². The van der Waals surface area contributed by atoms with Crippen molar-refractivity contribution in [2.75, 3.05) is 11.9 Å². The molecule has 1 aromatic carbocycles. The van der Waals surface area contributed by atoms with Gasteiger partial charge in [-0.2, -0.15) is 0 Å². The molecule has 0 saturated carbocycles. The van der Waals surface area contributed by atoms with Gasteiger partial charge in [0.2, 0.25) is 10.0 Å². The Hall–Kier alpha value is -1.80. The lowest BCUT2D eigenvalue weighted by molar-refractivity contribution is 0.0526. The van der Waals surface area contributed by atoms with Crippen molar-refractivity contribution in [1.82, 2.24) is 5.32 Å². The molecule has 0 saturated heterocycles. The monoisotopic (exact) mass is 329 g/mol. The maximum absolute atomic E-state index is 11.5. The van der Waals surface area contributed by atoms with E-state index in [9.17, 15) is 13.2 Å². The average Bonchev–Trinajstić information content (AvgIpc) is 2.34. The third-order valence-electron chi connectivity index (χ3n) is 2.55. The van der Waals surface area contributed by atoms with E-state index in [-0.39, 0.29) is 10.9 Å². The molecule has 7 nitrogen and oxygen atoms in total. The number of hydrogen-bond acceptors (Lipinski definition) is 5. The molecule has 0 aromatic heterocycles. The summed E-state index contributed by atoms with van der Waals surface area (Å²) in [5.41, 5.74) is 0.190. The van der Waals surface area contributed by atoms with Crippen LogP contribution < -0.4 is 15.8 Å². The van der Waals surface area contributed by atoms with Crippen LogP contribution in [-0.2, 0) is 14.8 Å². The Bertz CT molecular complexity index is 606. The Labute approximate surface area is 131 Å². The first-order valence-corrected chi connectivity index (χ1v) is 8.38. The zero-order valence-electron chi connectivity index (χ0n) is 13.2. The Morgan fingerprint density at radius 1 is 1.27 bits per heavy atom. The van der Waals surface area contributed by atoms with E-state index in [1.807, 2.05) is 6.92 Å². The van der Waals surface area contributed by atoms with Crippen molar-refractivity contribution in [1.29, 1.82) is 0 Å². The minimum atomic E-state index is -3.69. The summed E-state index contributed by atoms with van der Waals surface area (Å²) in [5, 5.41) is 10.8. The number of amides is 1. The minimum absolute atomic E-state index is 0.0533. The van der Waals surface area contributed by atoms with Crippen LogP contribution in [0, 0.1) is 0 Å². The fraction of sp³-hybridized carbons (Fsp3) is 0.500. The van der Waals surface area contributed by atoms with Crippen LogP contribution in [0.15, 0.2) is 29.2 Å². The van der Waals surface area contributed by atoms with Crippen LogP contribution in [0.25, 0.3) is 0 Å². The van der Waals surface area contributed by atoms with Crippen molar-refractivity contribution in [3.05, 3.63) is 24.3 Å². The summed E-state index contributed by atoms with van der Waals surface area (Å²) in [6.45, 7) is 7.63. The quantitative estimate of drug-likeness (QED) is 0.761. The molecule has 0 heterocycles. The maximum Gasteiger partial charge on any atom is 0.407 e. The SMILES string of the molecule is CC(CNC(=O)OC(C)(C)C)Nc1ccc(S(N)(=O)=O)cc1. The van der Waals surface area contributed by atoms with Gasteiger partial charge in [0.15, 0.2) is 0 Å². The molecule has 4 N–H and O–H groups in total. The molecule has 1 rings (SSSR count). The van der Waals surface area contributed by atoms with Crippen LogP contribution in [-0.4, -0.2) is 32.7 Å².